The van der Waals surface area contributed by atoms with E-state index in [2.05, 4.69) is 24.0 Å². The zero-order chi connectivity index (χ0) is 13.5. The molecule has 2 aromatic rings. The summed E-state index contributed by atoms with van der Waals surface area (Å²) in [4.78, 5) is 4.49. The lowest BCUT2D eigenvalue weighted by Gasteiger charge is -2.03. The number of aryl methyl sites for hydroxylation is 1. The summed E-state index contributed by atoms with van der Waals surface area (Å²) < 4.78 is 0. The van der Waals surface area contributed by atoms with Crippen LogP contribution in [-0.4, -0.2) is 4.98 Å². The van der Waals surface area contributed by atoms with E-state index in [1.165, 1.54) is 11.6 Å². The molecule has 0 aliphatic carbocycles. The lowest BCUT2D eigenvalue weighted by molar-refractivity contribution is 0.914. The Bertz CT molecular complexity index is 587. The fourth-order valence-corrected chi connectivity index (χ4v) is 1.93. The van der Waals surface area contributed by atoms with Gasteiger partial charge in [0, 0.05) is 17.8 Å². The molecule has 0 bridgehead atoms. The fraction of sp³-hybridized carbons (Fsp3) is 0.176. The molecule has 2 rings (SSSR count). The number of nitrogens with zero attached hydrogens (tertiary/aromatic N) is 2. The molecule has 0 aliphatic rings. The molecule has 0 aliphatic heterocycles. The molecule has 0 saturated carbocycles. The van der Waals surface area contributed by atoms with Crippen LogP contribution in [-0.2, 0) is 6.42 Å². The molecule has 1 aromatic carbocycles. The molecule has 1 aromatic heterocycles. The molecule has 1 heterocycles. The Hall–Kier alpha value is -2.40. The van der Waals surface area contributed by atoms with Crippen molar-refractivity contribution < 1.29 is 0 Å². The van der Waals surface area contributed by atoms with Gasteiger partial charge in [0.05, 0.1) is 11.8 Å². The van der Waals surface area contributed by atoms with Gasteiger partial charge in [0.15, 0.2) is 0 Å². The van der Waals surface area contributed by atoms with E-state index in [9.17, 15) is 0 Å². The average molecular weight is 248 g/mol. The monoisotopic (exact) mass is 248 g/mol. The van der Waals surface area contributed by atoms with E-state index in [1.54, 1.807) is 6.08 Å². The van der Waals surface area contributed by atoms with Crippen LogP contribution in [0.25, 0.3) is 17.3 Å². The zero-order valence-electron chi connectivity index (χ0n) is 11.0. The van der Waals surface area contributed by atoms with Crippen molar-refractivity contribution in [3.63, 3.8) is 0 Å². The van der Waals surface area contributed by atoms with Gasteiger partial charge in [-0.25, -0.2) is 0 Å². The number of aromatic nitrogens is 1. The molecule has 0 amide bonds. The lowest BCUT2D eigenvalue weighted by Crippen LogP contribution is -1.88. The first kappa shape index (κ1) is 13.0. The van der Waals surface area contributed by atoms with Crippen LogP contribution >= 0.6 is 0 Å². The molecular weight excluding hydrogens is 232 g/mol. The van der Waals surface area contributed by atoms with Gasteiger partial charge in [0.2, 0.25) is 0 Å². The third-order valence-corrected chi connectivity index (χ3v) is 2.92. The van der Waals surface area contributed by atoms with E-state index >= 15 is 0 Å². The molecular formula is C17H16N2. The summed E-state index contributed by atoms with van der Waals surface area (Å²) in [5.74, 6) is 0. The lowest BCUT2D eigenvalue weighted by atomic mass is 10.1. The molecule has 0 spiro atoms. The van der Waals surface area contributed by atoms with Crippen molar-refractivity contribution in [3.8, 4) is 17.3 Å². The summed E-state index contributed by atoms with van der Waals surface area (Å²) in [5, 5.41) is 8.48. The van der Waals surface area contributed by atoms with Gasteiger partial charge in [0.1, 0.15) is 0 Å². The largest absolute Gasteiger partial charge is 0.256 e. The van der Waals surface area contributed by atoms with Crippen LogP contribution in [0.2, 0.25) is 0 Å². The third-order valence-electron chi connectivity index (χ3n) is 2.92. The van der Waals surface area contributed by atoms with E-state index in [4.69, 9.17) is 5.26 Å². The molecule has 19 heavy (non-hydrogen) atoms. The van der Waals surface area contributed by atoms with Crippen molar-refractivity contribution in [2.45, 2.75) is 19.8 Å². The Balaban J connectivity index is 2.18. The van der Waals surface area contributed by atoms with E-state index in [0.29, 0.717) is 0 Å². The van der Waals surface area contributed by atoms with Crippen LogP contribution in [0.15, 0.2) is 48.7 Å². The smallest absolute Gasteiger partial charge is 0.0912 e. The second kappa shape index (κ2) is 6.51. The van der Waals surface area contributed by atoms with E-state index < -0.39 is 0 Å². The highest BCUT2D eigenvalue weighted by Crippen LogP contribution is 2.18. The minimum atomic E-state index is 0.982. The van der Waals surface area contributed by atoms with Crippen molar-refractivity contribution in [1.29, 1.82) is 5.26 Å². The number of rotatable bonds is 4. The first-order chi connectivity index (χ1) is 9.33. The number of benzene rings is 1. The van der Waals surface area contributed by atoms with Crippen LogP contribution in [0, 0.1) is 11.3 Å². The minimum Gasteiger partial charge on any atom is -0.256 e. The second-order valence-electron chi connectivity index (χ2n) is 4.39. The normalized spacial score (nSPS) is 10.5. The quantitative estimate of drug-likeness (QED) is 0.759. The van der Waals surface area contributed by atoms with Crippen molar-refractivity contribution in [1.82, 2.24) is 4.98 Å². The van der Waals surface area contributed by atoms with Crippen molar-refractivity contribution in [2.75, 3.05) is 0 Å². The van der Waals surface area contributed by atoms with Gasteiger partial charge in [-0.2, -0.15) is 5.26 Å². The summed E-state index contributed by atoms with van der Waals surface area (Å²) in [5.41, 5.74) is 4.38. The summed E-state index contributed by atoms with van der Waals surface area (Å²) in [6.07, 6.45) is 7.43. The minimum absolute atomic E-state index is 0.982. The van der Waals surface area contributed by atoms with Crippen LogP contribution in [0.5, 0.6) is 0 Å². The molecule has 0 atom stereocenters. The number of allylic oxidation sites excluding steroid dienone is 1. The molecule has 0 radical (unpaired) electrons. The summed E-state index contributed by atoms with van der Waals surface area (Å²) >= 11 is 0. The van der Waals surface area contributed by atoms with Gasteiger partial charge < -0.3 is 0 Å². The van der Waals surface area contributed by atoms with Gasteiger partial charge in [0.25, 0.3) is 0 Å². The highest BCUT2D eigenvalue weighted by molar-refractivity contribution is 5.62. The topological polar surface area (TPSA) is 36.7 Å². The van der Waals surface area contributed by atoms with E-state index in [1.807, 2.05) is 36.5 Å². The van der Waals surface area contributed by atoms with Gasteiger partial charge in [-0.3, -0.25) is 4.98 Å². The number of nitriles is 1. The third kappa shape index (κ3) is 3.53. The molecule has 0 unspecified atom stereocenters. The molecule has 94 valence electrons. The molecule has 0 saturated heterocycles. The second-order valence-corrected chi connectivity index (χ2v) is 4.39. The first-order valence-electron chi connectivity index (χ1n) is 6.45. The first-order valence-corrected chi connectivity index (χ1v) is 6.45. The SMILES string of the molecule is CCCc1ccc(-c2ccc(/C=C/C#N)cc2)nc1. The number of hydrogen-bond donors (Lipinski definition) is 0. The predicted molar refractivity (Wildman–Crippen MR) is 78.3 cm³/mol. The van der Waals surface area contributed by atoms with Crippen molar-refractivity contribution in [2.24, 2.45) is 0 Å². The van der Waals surface area contributed by atoms with Crippen LogP contribution in [0.4, 0.5) is 0 Å². The predicted octanol–water partition coefficient (Wildman–Crippen LogP) is 4.24. The van der Waals surface area contributed by atoms with Crippen LogP contribution in [0.1, 0.15) is 24.5 Å². The van der Waals surface area contributed by atoms with Gasteiger partial charge >= 0.3 is 0 Å². The maximum atomic E-state index is 8.48. The summed E-state index contributed by atoms with van der Waals surface area (Å²) in [6, 6.07) is 14.2. The maximum Gasteiger partial charge on any atom is 0.0912 e. The molecule has 2 nitrogen and oxygen atoms in total. The van der Waals surface area contributed by atoms with E-state index in [0.717, 1.165) is 29.7 Å². The average Bonchev–Trinajstić information content (AvgIpc) is 2.47. The van der Waals surface area contributed by atoms with E-state index in [-0.39, 0.29) is 0 Å². The molecule has 0 N–H and O–H groups in total. The van der Waals surface area contributed by atoms with Crippen molar-refractivity contribution >= 4 is 6.08 Å². The van der Waals surface area contributed by atoms with Crippen molar-refractivity contribution in [3.05, 3.63) is 59.8 Å². The van der Waals surface area contributed by atoms with Gasteiger partial charge in [-0.1, -0.05) is 43.7 Å². The highest BCUT2D eigenvalue weighted by atomic mass is 14.7. The van der Waals surface area contributed by atoms with Crippen LogP contribution in [0.3, 0.4) is 0 Å². The van der Waals surface area contributed by atoms with Gasteiger partial charge in [-0.05, 0) is 29.7 Å². The van der Waals surface area contributed by atoms with Gasteiger partial charge in [-0.15, -0.1) is 0 Å². The fourth-order valence-electron chi connectivity index (χ4n) is 1.93. The highest BCUT2D eigenvalue weighted by Gasteiger charge is 1.99. The Kier molecular flexibility index (Phi) is 4.47. The zero-order valence-corrected chi connectivity index (χ0v) is 11.0. The number of hydrogen-bond acceptors (Lipinski definition) is 2. The summed E-state index contributed by atoms with van der Waals surface area (Å²) in [6.45, 7) is 2.17. The standard InChI is InChI=1S/C17H16N2/c1-2-4-15-8-11-17(19-13-15)16-9-6-14(7-10-16)5-3-12-18/h3,5-11,13H,2,4H2,1H3/b5-3+. The molecule has 2 heteroatoms. The Morgan fingerprint density at radius 1 is 1.16 bits per heavy atom. The molecule has 0 fully saturated rings. The maximum absolute atomic E-state index is 8.48. The Morgan fingerprint density at radius 3 is 2.53 bits per heavy atom. The summed E-state index contributed by atoms with van der Waals surface area (Å²) in [7, 11) is 0. The Morgan fingerprint density at radius 2 is 1.95 bits per heavy atom. The number of pyridine rings is 1. The Labute approximate surface area is 114 Å². The van der Waals surface area contributed by atoms with Crippen LogP contribution < -0.4 is 0 Å².